The van der Waals surface area contributed by atoms with Crippen LogP contribution in [0.3, 0.4) is 0 Å². The van der Waals surface area contributed by atoms with E-state index in [0.29, 0.717) is 33.0 Å². The number of hydrogen-bond acceptors (Lipinski definition) is 5. The Bertz CT molecular complexity index is 188. The van der Waals surface area contributed by atoms with Crippen molar-refractivity contribution in [1.29, 1.82) is 0 Å². The highest BCUT2D eigenvalue weighted by Gasteiger charge is 2.02. The van der Waals surface area contributed by atoms with Gasteiger partial charge in [0.1, 0.15) is 6.61 Å². The highest BCUT2D eigenvalue weighted by atomic mass is 16.6. The van der Waals surface area contributed by atoms with Crippen molar-refractivity contribution in [3.8, 4) is 0 Å². The average molecular weight is 290 g/mol. The molecule has 5 heteroatoms. The fourth-order valence-corrected chi connectivity index (χ4v) is 1.63. The van der Waals surface area contributed by atoms with Crippen molar-refractivity contribution in [2.24, 2.45) is 0 Å². The second-order valence-corrected chi connectivity index (χ2v) is 4.65. The lowest BCUT2D eigenvalue weighted by molar-refractivity contribution is -0.149. The van der Waals surface area contributed by atoms with Gasteiger partial charge in [-0.15, -0.1) is 0 Å². The number of ether oxygens (including phenoxy) is 4. The van der Waals surface area contributed by atoms with Crippen LogP contribution in [0.25, 0.3) is 0 Å². The highest BCUT2D eigenvalue weighted by molar-refractivity contribution is 5.70. The molecule has 0 aromatic rings. The number of unbranched alkanes of at least 4 members (excludes halogenated alkanes) is 5. The van der Waals surface area contributed by atoms with Gasteiger partial charge in [-0.1, -0.05) is 39.0 Å². The monoisotopic (exact) mass is 290 g/mol. The minimum atomic E-state index is -0.296. The Morgan fingerprint density at radius 1 is 0.800 bits per heavy atom. The van der Waals surface area contributed by atoms with Crippen molar-refractivity contribution in [1.82, 2.24) is 0 Å². The third-order valence-corrected chi connectivity index (χ3v) is 2.78. The molecule has 0 aromatic heterocycles. The summed E-state index contributed by atoms with van der Waals surface area (Å²) in [6.07, 6.45) is 7.11. The van der Waals surface area contributed by atoms with Crippen molar-refractivity contribution in [3.63, 3.8) is 0 Å². The smallest absolute Gasteiger partial charge is 0.332 e. The van der Waals surface area contributed by atoms with Gasteiger partial charge >= 0.3 is 5.97 Å². The van der Waals surface area contributed by atoms with Crippen LogP contribution in [0.2, 0.25) is 0 Å². The van der Waals surface area contributed by atoms with Crippen LogP contribution in [-0.4, -0.2) is 52.7 Å². The van der Waals surface area contributed by atoms with Crippen molar-refractivity contribution >= 4 is 5.97 Å². The molecule has 0 atom stereocenters. The molecule has 0 unspecified atom stereocenters. The summed E-state index contributed by atoms with van der Waals surface area (Å²) in [6.45, 7) is 4.68. The molecule has 0 amide bonds. The van der Waals surface area contributed by atoms with Crippen LogP contribution in [0.5, 0.6) is 0 Å². The Labute approximate surface area is 122 Å². The van der Waals surface area contributed by atoms with E-state index in [9.17, 15) is 4.79 Å². The van der Waals surface area contributed by atoms with Gasteiger partial charge in [0, 0.05) is 7.11 Å². The first-order valence-electron chi connectivity index (χ1n) is 7.61. The van der Waals surface area contributed by atoms with Crippen molar-refractivity contribution < 1.29 is 23.7 Å². The Morgan fingerprint density at radius 3 is 2.20 bits per heavy atom. The van der Waals surface area contributed by atoms with Crippen molar-refractivity contribution in [3.05, 3.63) is 0 Å². The second-order valence-electron chi connectivity index (χ2n) is 4.65. The lowest BCUT2D eigenvalue weighted by atomic mass is 10.1. The molecule has 0 N–H and O–H groups in total. The van der Waals surface area contributed by atoms with Gasteiger partial charge in [0.2, 0.25) is 0 Å². The molecular formula is C15H30O5. The third-order valence-electron chi connectivity index (χ3n) is 2.78. The van der Waals surface area contributed by atoms with Crippen LogP contribution in [0.4, 0.5) is 0 Å². The standard InChI is InChI=1S/C15H30O5/c1-3-4-5-6-7-8-9-20-15(16)14-19-13-12-18-11-10-17-2/h3-14H2,1-2H3. The van der Waals surface area contributed by atoms with Crippen LogP contribution >= 0.6 is 0 Å². The third kappa shape index (κ3) is 15.4. The summed E-state index contributed by atoms with van der Waals surface area (Å²) >= 11 is 0. The van der Waals surface area contributed by atoms with Crippen molar-refractivity contribution in [2.45, 2.75) is 45.4 Å². The Kier molecular flexibility index (Phi) is 15.9. The van der Waals surface area contributed by atoms with Gasteiger partial charge in [-0.3, -0.25) is 0 Å². The maximum absolute atomic E-state index is 11.3. The van der Waals surface area contributed by atoms with Gasteiger partial charge in [-0.25, -0.2) is 4.79 Å². The summed E-state index contributed by atoms with van der Waals surface area (Å²) in [4.78, 5) is 11.3. The maximum Gasteiger partial charge on any atom is 0.332 e. The largest absolute Gasteiger partial charge is 0.464 e. The number of methoxy groups -OCH3 is 1. The molecule has 0 fully saturated rings. The molecule has 0 heterocycles. The normalized spacial score (nSPS) is 10.7. The molecule has 0 aromatic carbocycles. The molecule has 0 rings (SSSR count). The summed E-state index contributed by atoms with van der Waals surface area (Å²) in [5.74, 6) is -0.296. The average Bonchev–Trinajstić information content (AvgIpc) is 2.45. The first-order valence-corrected chi connectivity index (χ1v) is 7.61. The minimum Gasteiger partial charge on any atom is -0.464 e. The van der Waals surface area contributed by atoms with E-state index in [1.807, 2.05) is 0 Å². The van der Waals surface area contributed by atoms with Crippen LogP contribution < -0.4 is 0 Å². The zero-order valence-corrected chi connectivity index (χ0v) is 13.0. The number of rotatable bonds is 15. The summed E-state index contributed by atoms with van der Waals surface area (Å²) < 4.78 is 20.2. The van der Waals surface area contributed by atoms with Gasteiger partial charge in [-0.05, 0) is 6.42 Å². The fraction of sp³-hybridized carbons (Fsp3) is 0.933. The SMILES string of the molecule is CCCCCCCCOC(=O)COCCOCCOC. The summed E-state index contributed by atoms with van der Waals surface area (Å²) in [7, 11) is 1.62. The predicted molar refractivity (Wildman–Crippen MR) is 77.8 cm³/mol. The summed E-state index contributed by atoms with van der Waals surface area (Å²) in [5.41, 5.74) is 0. The molecule has 120 valence electrons. The number of carbonyl (C=O) groups excluding carboxylic acids is 1. The van der Waals surface area contributed by atoms with Gasteiger partial charge in [0.05, 0.1) is 33.0 Å². The molecule has 0 radical (unpaired) electrons. The predicted octanol–water partition coefficient (Wildman–Crippen LogP) is 2.57. The van der Waals surface area contributed by atoms with Gasteiger partial charge in [-0.2, -0.15) is 0 Å². The molecule has 0 bridgehead atoms. The Morgan fingerprint density at radius 2 is 1.45 bits per heavy atom. The second kappa shape index (κ2) is 16.4. The number of esters is 1. The first-order chi connectivity index (χ1) is 9.81. The summed E-state index contributed by atoms with van der Waals surface area (Å²) in [5, 5.41) is 0. The lowest BCUT2D eigenvalue weighted by Crippen LogP contribution is -2.16. The van der Waals surface area contributed by atoms with E-state index < -0.39 is 0 Å². The first kappa shape index (κ1) is 19.4. The van der Waals surface area contributed by atoms with Gasteiger partial charge in [0.15, 0.2) is 0 Å². The van der Waals surface area contributed by atoms with Crippen LogP contribution in [-0.2, 0) is 23.7 Å². The maximum atomic E-state index is 11.3. The number of carbonyl (C=O) groups is 1. The molecule has 0 saturated heterocycles. The van der Waals surface area contributed by atoms with Gasteiger partial charge in [0.25, 0.3) is 0 Å². The zero-order chi connectivity index (χ0) is 14.9. The van der Waals surface area contributed by atoms with E-state index in [1.54, 1.807) is 7.11 Å². The highest BCUT2D eigenvalue weighted by Crippen LogP contribution is 2.04. The van der Waals surface area contributed by atoms with Crippen LogP contribution in [0.15, 0.2) is 0 Å². The molecule has 0 aliphatic heterocycles. The molecule has 0 aliphatic rings. The van der Waals surface area contributed by atoms with E-state index in [2.05, 4.69) is 6.92 Å². The van der Waals surface area contributed by atoms with Crippen molar-refractivity contribution in [2.75, 3.05) is 46.8 Å². The molecular weight excluding hydrogens is 260 g/mol. The van der Waals surface area contributed by atoms with E-state index in [0.717, 1.165) is 12.8 Å². The molecule has 0 saturated carbocycles. The quantitative estimate of drug-likeness (QED) is 0.343. The topological polar surface area (TPSA) is 54.0 Å². The molecule has 5 nitrogen and oxygen atoms in total. The van der Waals surface area contributed by atoms with E-state index >= 15 is 0 Å². The van der Waals surface area contributed by atoms with E-state index in [-0.39, 0.29) is 12.6 Å². The van der Waals surface area contributed by atoms with Crippen LogP contribution in [0, 0.1) is 0 Å². The van der Waals surface area contributed by atoms with Gasteiger partial charge < -0.3 is 18.9 Å². The Hall–Kier alpha value is -0.650. The summed E-state index contributed by atoms with van der Waals surface area (Å²) in [6, 6.07) is 0. The Balaban J connectivity index is 3.13. The van der Waals surface area contributed by atoms with E-state index in [4.69, 9.17) is 18.9 Å². The molecule has 20 heavy (non-hydrogen) atoms. The van der Waals surface area contributed by atoms with Crippen LogP contribution in [0.1, 0.15) is 45.4 Å². The minimum absolute atomic E-state index is 0.00344. The fourth-order valence-electron chi connectivity index (χ4n) is 1.63. The molecule has 0 spiro atoms. The molecule has 0 aliphatic carbocycles. The lowest BCUT2D eigenvalue weighted by Gasteiger charge is -2.06. The van der Waals surface area contributed by atoms with E-state index in [1.165, 1.54) is 25.7 Å². The number of hydrogen-bond donors (Lipinski definition) is 0. The zero-order valence-electron chi connectivity index (χ0n) is 13.0.